The minimum absolute atomic E-state index is 0.0225. The Morgan fingerprint density at radius 2 is 1.58 bits per heavy atom. The highest BCUT2D eigenvalue weighted by Gasteiger charge is 2.15. The molecule has 0 aliphatic carbocycles. The summed E-state index contributed by atoms with van der Waals surface area (Å²) in [6.45, 7) is 6.19. The predicted molar refractivity (Wildman–Crippen MR) is 78.0 cm³/mol. The molecule has 0 aromatic heterocycles. The van der Waals surface area contributed by atoms with Crippen LogP contribution in [-0.2, 0) is 0 Å². The van der Waals surface area contributed by atoms with Crippen LogP contribution < -0.4 is 5.32 Å². The van der Waals surface area contributed by atoms with Gasteiger partial charge in [0.05, 0.1) is 6.04 Å². The summed E-state index contributed by atoms with van der Waals surface area (Å²) < 4.78 is 13.5. The van der Waals surface area contributed by atoms with Gasteiger partial charge in [0.25, 0.3) is 0 Å². The summed E-state index contributed by atoms with van der Waals surface area (Å²) in [5, 5.41) is 3.29. The molecule has 0 spiro atoms. The normalized spacial score (nSPS) is 12.5. The number of halogens is 1. The number of aryl methyl sites for hydroxylation is 3. The number of benzene rings is 2. The predicted octanol–water partition coefficient (Wildman–Crippen LogP) is 4.06. The summed E-state index contributed by atoms with van der Waals surface area (Å²) >= 11 is 0. The van der Waals surface area contributed by atoms with Crippen molar-refractivity contribution in [3.63, 3.8) is 0 Å². The van der Waals surface area contributed by atoms with E-state index >= 15 is 0 Å². The Bertz CT molecular complexity index is 570. The lowest BCUT2D eigenvalue weighted by Gasteiger charge is -2.20. The van der Waals surface area contributed by atoms with Crippen LogP contribution in [0.3, 0.4) is 0 Å². The second-order valence-corrected chi connectivity index (χ2v) is 5.14. The molecular formula is C17H20FN. The average Bonchev–Trinajstić information content (AvgIpc) is 2.33. The molecule has 0 heterocycles. The molecule has 0 aliphatic heterocycles. The largest absolute Gasteiger partial charge is 0.309 e. The second-order valence-electron chi connectivity index (χ2n) is 5.14. The van der Waals surface area contributed by atoms with E-state index in [1.54, 1.807) is 6.07 Å². The number of hydrogen-bond acceptors (Lipinski definition) is 1. The van der Waals surface area contributed by atoms with Gasteiger partial charge < -0.3 is 5.32 Å². The third kappa shape index (κ3) is 3.02. The number of nitrogens with one attached hydrogen (secondary N) is 1. The lowest BCUT2D eigenvalue weighted by atomic mass is 9.93. The van der Waals surface area contributed by atoms with Gasteiger partial charge in [0, 0.05) is 0 Å². The number of rotatable bonds is 3. The molecule has 19 heavy (non-hydrogen) atoms. The SMILES string of the molecule is CNC(c1cc(C)cc(C)c1)c1cc(F)ccc1C. The van der Waals surface area contributed by atoms with E-state index in [0.29, 0.717) is 0 Å². The summed E-state index contributed by atoms with van der Waals surface area (Å²) in [4.78, 5) is 0. The maximum atomic E-state index is 13.5. The Morgan fingerprint density at radius 3 is 2.16 bits per heavy atom. The third-order valence-electron chi connectivity index (χ3n) is 3.42. The van der Waals surface area contributed by atoms with Crippen molar-refractivity contribution in [1.29, 1.82) is 0 Å². The van der Waals surface area contributed by atoms with Gasteiger partial charge in [-0.05, 0) is 56.6 Å². The second kappa shape index (κ2) is 5.54. The molecule has 100 valence electrons. The van der Waals surface area contributed by atoms with E-state index in [9.17, 15) is 4.39 Å². The van der Waals surface area contributed by atoms with Crippen LogP contribution in [0.5, 0.6) is 0 Å². The zero-order chi connectivity index (χ0) is 14.0. The van der Waals surface area contributed by atoms with Crippen LogP contribution in [0.1, 0.15) is 33.9 Å². The van der Waals surface area contributed by atoms with Crippen LogP contribution in [0.15, 0.2) is 36.4 Å². The van der Waals surface area contributed by atoms with Crippen LogP contribution in [0.25, 0.3) is 0 Å². The molecular weight excluding hydrogens is 237 g/mol. The van der Waals surface area contributed by atoms with Crippen molar-refractivity contribution in [2.45, 2.75) is 26.8 Å². The van der Waals surface area contributed by atoms with E-state index in [0.717, 1.165) is 11.1 Å². The van der Waals surface area contributed by atoms with Crippen LogP contribution in [-0.4, -0.2) is 7.05 Å². The minimum atomic E-state index is -0.190. The molecule has 0 saturated heterocycles. The van der Waals surface area contributed by atoms with Gasteiger partial charge in [-0.15, -0.1) is 0 Å². The Balaban J connectivity index is 2.52. The average molecular weight is 257 g/mol. The van der Waals surface area contributed by atoms with Crippen molar-refractivity contribution >= 4 is 0 Å². The van der Waals surface area contributed by atoms with Gasteiger partial charge in [-0.3, -0.25) is 0 Å². The first-order valence-corrected chi connectivity index (χ1v) is 6.53. The Hall–Kier alpha value is -1.67. The van der Waals surface area contributed by atoms with E-state index in [1.165, 1.54) is 22.8 Å². The molecule has 0 bridgehead atoms. The van der Waals surface area contributed by atoms with Gasteiger partial charge in [0.1, 0.15) is 5.82 Å². The monoisotopic (exact) mass is 257 g/mol. The highest BCUT2D eigenvalue weighted by Crippen LogP contribution is 2.26. The molecule has 2 aromatic rings. The summed E-state index contributed by atoms with van der Waals surface area (Å²) in [6, 6.07) is 11.4. The maximum absolute atomic E-state index is 13.5. The van der Waals surface area contributed by atoms with Crippen LogP contribution in [0.2, 0.25) is 0 Å². The van der Waals surface area contributed by atoms with Gasteiger partial charge >= 0.3 is 0 Å². The summed E-state index contributed by atoms with van der Waals surface area (Å²) in [6.07, 6.45) is 0. The first kappa shape index (κ1) is 13.8. The lowest BCUT2D eigenvalue weighted by molar-refractivity contribution is 0.615. The van der Waals surface area contributed by atoms with Crippen molar-refractivity contribution in [2.75, 3.05) is 7.05 Å². The summed E-state index contributed by atoms with van der Waals surface area (Å²) in [7, 11) is 1.91. The first-order chi connectivity index (χ1) is 9.01. The molecule has 2 aromatic carbocycles. The Kier molecular flexibility index (Phi) is 4.01. The van der Waals surface area contributed by atoms with Gasteiger partial charge in [0.2, 0.25) is 0 Å². The molecule has 1 N–H and O–H groups in total. The van der Waals surface area contributed by atoms with E-state index in [2.05, 4.69) is 37.4 Å². The fourth-order valence-electron chi connectivity index (χ4n) is 2.60. The highest BCUT2D eigenvalue weighted by atomic mass is 19.1. The Morgan fingerprint density at radius 1 is 0.947 bits per heavy atom. The summed E-state index contributed by atoms with van der Waals surface area (Å²) in [5.74, 6) is -0.190. The molecule has 0 saturated carbocycles. The minimum Gasteiger partial charge on any atom is -0.309 e. The summed E-state index contributed by atoms with van der Waals surface area (Å²) in [5.41, 5.74) is 5.72. The molecule has 2 heteroatoms. The maximum Gasteiger partial charge on any atom is 0.123 e. The van der Waals surface area contributed by atoms with Crippen molar-refractivity contribution in [3.8, 4) is 0 Å². The third-order valence-corrected chi connectivity index (χ3v) is 3.42. The van der Waals surface area contributed by atoms with E-state index in [-0.39, 0.29) is 11.9 Å². The van der Waals surface area contributed by atoms with Crippen molar-refractivity contribution in [1.82, 2.24) is 5.32 Å². The smallest absolute Gasteiger partial charge is 0.123 e. The van der Waals surface area contributed by atoms with Gasteiger partial charge in [0.15, 0.2) is 0 Å². The van der Waals surface area contributed by atoms with E-state index < -0.39 is 0 Å². The fourth-order valence-corrected chi connectivity index (χ4v) is 2.60. The zero-order valence-electron chi connectivity index (χ0n) is 11.9. The lowest BCUT2D eigenvalue weighted by Crippen LogP contribution is -2.19. The molecule has 1 atom stereocenters. The molecule has 2 rings (SSSR count). The van der Waals surface area contributed by atoms with Crippen molar-refractivity contribution in [3.05, 3.63) is 70.0 Å². The topological polar surface area (TPSA) is 12.0 Å². The molecule has 0 fully saturated rings. The number of hydrogen-bond donors (Lipinski definition) is 1. The highest BCUT2D eigenvalue weighted by molar-refractivity contribution is 5.40. The first-order valence-electron chi connectivity index (χ1n) is 6.53. The standard InChI is InChI=1S/C17H20FN/c1-11-7-12(2)9-14(8-11)17(19-4)16-10-15(18)6-5-13(16)3/h5-10,17,19H,1-4H3. The van der Waals surface area contributed by atoms with E-state index in [1.807, 2.05) is 20.0 Å². The quantitative estimate of drug-likeness (QED) is 0.874. The molecule has 1 nitrogen and oxygen atoms in total. The molecule has 0 aliphatic rings. The van der Waals surface area contributed by atoms with Crippen LogP contribution >= 0.6 is 0 Å². The van der Waals surface area contributed by atoms with Crippen molar-refractivity contribution in [2.24, 2.45) is 0 Å². The van der Waals surface area contributed by atoms with Gasteiger partial charge in [-0.1, -0.05) is 35.4 Å². The fraction of sp³-hybridized carbons (Fsp3) is 0.294. The van der Waals surface area contributed by atoms with Crippen molar-refractivity contribution < 1.29 is 4.39 Å². The van der Waals surface area contributed by atoms with Crippen LogP contribution in [0, 0.1) is 26.6 Å². The van der Waals surface area contributed by atoms with E-state index in [4.69, 9.17) is 0 Å². The Labute approximate surface area is 114 Å². The van der Waals surface area contributed by atoms with Crippen LogP contribution in [0.4, 0.5) is 4.39 Å². The molecule has 1 unspecified atom stereocenters. The molecule has 0 amide bonds. The van der Waals surface area contributed by atoms with Gasteiger partial charge in [-0.2, -0.15) is 0 Å². The zero-order valence-corrected chi connectivity index (χ0v) is 11.9. The molecule has 0 radical (unpaired) electrons. The van der Waals surface area contributed by atoms with Gasteiger partial charge in [-0.25, -0.2) is 4.39 Å².